The molecule has 0 aromatic heterocycles. The molecule has 0 bridgehead atoms. The van der Waals surface area contributed by atoms with E-state index >= 15 is 0 Å². The molecule has 0 radical (unpaired) electrons. The van der Waals surface area contributed by atoms with Crippen LogP contribution in [0.15, 0.2) is 18.2 Å². The van der Waals surface area contributed by atoms with Crippen LogP contribution in [0, 0.1) is 6.92 Å². The number of esters is 1. The van der Waals surface area contributed by atoms with Crippen molar-refractivity contribution in [2.75, 3.05) is 6.61 Å². The Morgan fingerprint density at radius 2 is 1.95 bits per heavy atom. The summed E-state index contributed by atoms with van der Waals surface area (Å²) in [5.41, 5.74) is 0.743. The third kappa shape index (κ3) is 5.52. The van der Waals surface area contributed by atoms with Crippen LogP contribution in [0.3, 0.4) is 0 Å². The molecule has 1 aromatic rings. The lowest BCUT2D eigenvalue weighted by molar-refractivity contribution is -0.123. The maximum Gasteiger partial charge on any atom is 0.342 e. The number of urea groups is 1. The second kappa shape index (κ2) is 7.28. The number of aromatic hydroxyl groups is 1. The van der Waals surface area contributed by atoms with E-state index in [1.165, 1.54) is 12.1 Å². The number of ether oxygens (including phenoxy) is 1. The Bertz CT molecular complexity index is 554. The van der Waals surface area contributed by atoms with Gasteiger partial charge in [-0.05, 0) is 38.5 Å². The summed E-state index contributed by atoms with van der Waals surface area (Å²) in [6.45, 7) is 4.63. The molecule has 7 nitrogen and oxygen atoms in total. The molecule has 21 heavy (non-hydrogen) atoms. The summed E-state index contributed by atoms with van der Waals surface area (Å²) < 4.78 is 4.73. The zero-order chi connectivity index (χ0) is 16.0. The molecule has 3 N–H and O–H groups in total. The van der Waals surface area contributed by atoms with E-state index in [0.29, 0.717) is 0 Å². The highest BCUT2D eigenvalue weighted by Gasteiger charge is 2.15. The van der Waals surface area contributed by atoms with Crippen LogP contribution >= 0.6 is 0 Å². The molecule has 0 unspecified atom stereocenters. The van der Waals surface area contributed by atoms with E-state index in [1.54, 1.807) is 26.8 Å². The molecule has 0 fully saturated rings. The topological polar surface area (TPSA) is 105 Å². The van der Waals surface area contributed by atoms with Crippen LogP contribution in [0.2, 0.25) is 0 Å². The highest BCUT2D eigenvalue weighted by molar-refractivity contribution is 5.97. The van der Waals surface area contributed by atoms with Crippen molar-refractivity contribution >= 4 is 17.9 Å². The highest BCUT2D eigenvalue weighted by atomic mass is 16.5. The molecular weight excluding hydrogens is 276 g/mol. The van der Waals surface area contributed by atoms with Crippen LogP contribution < -0.4 is 10.6 Å². The molecule has 7 heteroatoms. The Balaban J connectivity index is 2.49. The van der Waals surface area contributed by atoms with Crippen molar-refractivity contribution in [3.8, 4) is 5.75 Å². The summed E-state index contributed by atoms with van der Waals surface area (Å²) in [7, 11) is 0. The van der Waals surface area contributed by atoms with Gasteiger partial charge in [0.2, 0.25) is 0 Å². The molecule has 0 heterocycles. The van der Waals surface area contributed by atoms with Crippen LogP contribution in [-0.4, -0.2) is 35.7 Å². The minimum Gasteiger partial charge on any atom is -0.507 e. The van der Waals surface area contributed by atoms with E-state index in [-0.39, 0.29) is 17.4 Å². The fraction of sp³-hybridized carbons (Fsp3) is 0.357. The average Bonchev–Trinajstić information content (AvgIpc) is 2.34. The lowest BCUT2D eigenvalue weighted by Crippen LogP contribution is -2.44. The quantitative estimate of drug-likeness (QED) is 0.721. The van der Waals surface area contributed by atoms with Gasteiger partial charge < -0.3 is 15.2 Å². The standard InChI is InChI=1S/C14H18N2O5/c1-8(2)15-14(20)16-12(18)7-21-13(19)10-5-4-9(3)6-11(10)17/h4-6,8,17H,7H2,1-3H3,(H2,15,16,18,20). The lowest BCUT2D eigenvalue weighted by Gasteiger charge is -2.10. The van der Waals surface area contributed by atoms with Gasteiger partial charge >= 0.3 is 12.0 Å². The molecule has 114 valence electrons. The predicted octanol–water partition coefficient (Wildman–Crippen LogP) is 1.09. The molecular formula is C14H18N2O5. The number of carbonyl (C=O) groups excluding carboxylic acids is 3. The van der Waals surface area contributed by atoms with Gasteiger partial charge in [-0.2, -0.15) is 0 Å². The molecule has 0 spiro atoms. The normalized spacial score (nSPS) is 10.1. The fourth-order valence-corrected chi connectivity index (χ4v) is 1.48. The van der Waals surface area contributed by atoms with Gasteiger partial charge in [0.1, 0.15) is 11.3 Å². The molecule has 0 saturated heterocycles. The maximum absolute atomic E-state index is 11.7. The van der Waals surface area contributed by atoms with E-state index in [1.807, 2.05) is 5.32 Å². The van der Waals surface area contributed by atoms with Gasteiger partial charge in [-0.15, -0.1) is 0 Å². The number of hydrogen-bond acceptors (Lipinski definition) is 5. The summed E-state index contributed by atoms with van der Waals surface area (Å²) in [4.78, 5) is 34.3. The van der Waals surface area contributed by atoms with Crippen molar-refractivity contribution in [2.24, 2.45) is 0 Å². The third-order valence-corrected chi connectivity index (χ3v) is 2.38. The molecule has 3 amide bonds. The van der Waals surface area contributed by atoms with Crippen molar-refractivity contribution in [2.45, 2.75) is 26.8 Å². The Hall–Kier alpha value is -2.57. The number of benzene rings is 1. The Morgan fingerprint density at radius 3 is 2.52 bits per heavy atom. The second-order valence-corrected chi connectivity index (χ2v) is 4.77. The Labute approximate surface area is 122 Å². The van der Waals surface area contributed by atoms with Gasteiger partial charge in [-0.1, -0.05) is 6.07 Å². The Kier molecular flexibility index (Phi) is 5.71. The zero-order valence-electron chi connectivity index (χ0n) is 12.1. The first-order valence-corrected chi connectivity index (χ1v) is 6.36. The van der Waals surface area contributed by atoms with Crippen molar-refractivity contribution in [1.82, 2.24) is 10.6 Å². The number of rotatable bonds is 4. The number of nitrogens with one attached hydrogen (secondary N) is 2. The number of phenolic OH excluding ortho intramolecular Hbond substituents is 1. The smallest absolute Gasteiger partial charge is 0.342 e. The SMILES string of the molecule is Cc1ccc(C(=O)OCC(=O)NC(=O)NC(C)C)c(O)c1. The Morgan fingerprint density at radius 1 is 1.29 bits per heavy atom. The predicted molar refractivity (Wildman–Crippen MR) is 74.9 cm³/mol. The van der Waals surface area contributed by atoms with Crippen LogP contribution in [0.25, 0.3) is 0 Å². The van der Waals surface area contributed by atoms with Crippen molar-refractivity contribution < 1.29 is 24.2 Å². The summed E-state index contributed by atoms with van der Waals surface area (Å²) in [5.74, 6) is -1.82. The van der Waals surface area contributed by atoms with Gasteiger partial charge in [0.25, 0.3) is 5.91 Å². The fourth-order valence-electron chi connectivity index (χ4n) is 1.48. The van der Waals surface area contributed by atoms with E-state index in [0.717, 1.165) is 5.56 Å². The van der Waals surface area contributed by atoms with Gasteiger partial charge in [0.05, 0.1) is 0 Å². The van der Waals surface area contributed by atoms with Crippen LogP contribution in [0.4, 0.5) is 4.79 Å². The average molecular weight is 294 g/mol. The van der Waals surface area contributed by atoms with Crippen LogP contribution in [0.1, 0.15) is 29.8 Å². The van der Waals surface area contributed by atoms with Crippen LogP contribution in [-0.2, 0) is 9.53 Å². The summed E-state index contributed by atoms with van der Waals surface area (Å²) in [5, 5.41) is 14.1. The van der Waals surface area contributed by atoms with Crippen molar-refractivity contribution in [1.29, 1.82) is 0 Å². The molecule has 0 aliphatic carbocycles. The minimum atomic E-state index is -0.841. The molecule has 0 atom stereocenters. The van der Waals surface area contributed by atoms with Gasteiger partial charge in [0, 0.05) is 6.04 Å². The summed E-state index contributed by atoms with van der Waals surface area (Å²) in [6, 6.07) is 3.66. The number of amides is 3. The minimum absolute atomic E-state index is 0.0416. The van der Waals surface area contributed by atoms with Gasteiger partial charge in [0.15, 0.2) is 6.61 Å². The van der Waals surface area contributed by atoms with Gasteiger partial charge in [-0.25, -0.2) is 9.59 Å². The maximum atomic E-state index is 11.7. The summed E-state index contributed by atoms with van der Waals surface area (Å²) in [6.07, 6.45) is 0. The number of phenols is 1. The first-order chi connectivity index (χ1) is 9.79. The number of imide groups is 1. The van der Waals surface area contributed by atoms with E-state index in [9.17, 15) is 19.5 Å². The summed E-state index contributed by atoms with van der Waals surface area (Å²) >= 11 is 0. The molecule has 0 saturated carbocycles. The monoisotopic (exact) mass is 294 g/mol. The van der Waals surface area contributed by atoms with E-state index in [2.05, 4.69) is 5.32 Å². The molecule has 1 aromatic carbocycles. The largest absolute Gasteiger partial charge is 0.507 e. The number of carbonyl (C=O) groups is 3. The van der Waals surface area contributed by atoms with Crippen LogP contribution in [0.5, 0.6) is 5.75 Å². The van der Waals surface area contributed by atoms with Crippen molar-refractivity contribution in [3.63, 3.8) is 0 Å². The number of hydrogen-bond donors (Lipinski definition) is 3. The van der Waals surface area contributed by atoms with E-state index < -0.39 is 24.5 Å². The van der Waals surface area contributed by atoms with Gasteiger partial charge in [-0.3, -0.25) is 10.1 Å². The van der Waals surface area contributed by atoms with Crippen molar-refractivity contribution in [3.05, 3.63) is 29.3 Å². The first kappa shape index (κ1) is 16.5. The first-order valence-electron chi connectivity index (χ1n) is 6.36. The molecule has 1 rings (SSSR count). The highest BCUT2D eigenvalue weighted by Crippen LogP contribution is 2.19. The second-order valence-electron chi connectivity index (χ2n) is 4.77. The number of aryl methyl sites for hydroxylation is 1. The van der Waals surface area contributed by atoms with E-state index in [4.69, 9.17) is 4.74 Å². The molecule has 0 aliphatic rings. The molecule has 0 aliphatic heterocycles. The zero-order valence-corrected chi connectivity index (χ0v) is 12.1. The lowest BCUT2D eigenvalue weighted by atomic mass is 10.1. The third-order valence-electron chi connectivity index (χ3n) is 2.38.